The van der Waals surface area contributed by atoms with E-state index in [1.165, 1.54) is 34.4 Å². The van der Waals surface area contributed by atoms with Gasteiger partial charge in [-0.15, -0.1) is 11.3 Å². The van der Waals surface area contributed by atoms with Gasteiger partial charge in [0.1, 0.15) is 12.4 Å². The fourth-order valence-electron chi connectivity index (χ4n) is 2.25. The highest BCUT2D eigenvalue weighted by molar-refractivity contribution is 7.13. The molecule has 1 fully saturated rings. The van der Waals surface area contributed by atoms with Crippen molar-refractivity contribution in [3.8, 4) is 0 Å². The number of hydrogen-bond acceptors (Lipinski definition) is 4. The van der Waals surface area contributed by atoms with Gasteiger partial charge in [-0.25, -0.2) is 9.37 Å². The fraction of sp³-hybridized carbons (Fsp3) is 0.312. The van der Waals surface area contributed by atoms with E-state index in [1.807, 2.05) is 0 Å². The molecule has 1 heterocycles. The van der Waals surface area contributed by atoms with Gasteiger partial charge in [-0.05, 0) is 30.9 Å². The van der Waals surface area contributed by atoms with Gasteiger partial charge in [0.25, 0.3) is 5.91 Å². The number of thiazole rings is 1. The zero-order valence-corrected chi connectivity index (χ0v) is 13.2. The van der Waals surface area contributed by atoms with Crippen molar-refractivity contribution in [3.63, 3.8) is 0 Å². The molecule has 0 aliphatic heterocycles. The Kier molecular flexibility index (Phi) is 4.66. The average molecular weight is 333 g/mol. The van der Waals surface area contributed by atoms with Crippen LogP contribution in [-0.4, -0.2) is 34.8 Å². The van der Waals surface area contributed by atoms with Crippen molar-refractivity contribution in [1.82, 2.24) is 9.88 Å². The van der Waals surface area contributed by atoms with Gasteiger partial charge < -0.3 is 10.2 Å². The molecule has 1 N–H and O–H groups in total. The second-order valence-electron chi connectivity index (χ2n) is 5.49. The lowest BCUT2D eigenvalue weighted by Crippen LogP contribution is -2.39. The number of rotatable bonds is 6. The van der Waals surface area contributed by atoms with E-state index in [0.29, 0.717) is 17.6 Å². The van der Waals surface area contributed by atoms with E-state index < -0.39 is 11.7 Å². The Balaban J connectivity index is 1.70. The molecule has 2 amide bonds. The molecule has 0 radical (unpaired) electrons. The molecule has 7 heteroatoms. The van der Waals surface area contributed by atoms with Crippen LogP contribution >= 0.6 is 11.3 Å². The van der Waals surface area contributed by atoms with Crippen LogP contribution in [0.25, 0.3) is 0 Å². The zero-order chi connectivity index (χ0) is 16.2. The summed E-state index contributed by atoms with van der Waals surface area (Å²) in [5.74, 6) is -0.952. The van der Waals surface area contributed by atoms with Crippen LogP contribution in [0.2, 0.25) is 0 Å². The van der Waals surface area contributed by atoms with E-state index in [-0.39, 0.29) is 18.0 Å². The zero-order valence-electron chi connectivity index (χ0n) is 12.4. The monoisotopic (exact) mass is 333 g/mol. The number of amides is 2. The van der Waals surface area contributed by atoms with E-state index in [4.69, 9.17) is 0 Å². The highest BCUT2D eigenvalue weighted by atomic mass is 32.1. The van der Waals surface area contributed by atoms with Gasteiger partial charge in [-0.2, -0.15) is 0 Å². The van der Waals surface area contributed by atoms with Crippen molar-refractivity contribution < 1.29 is 14.0 Å². The van der Waals surface area contributed by atoms with Crippen LogP contribution in [0.15, 0.2) is 35.8 Å². The highest BCUT2D eigenvalue weighted by Gasteiger charge is 2.29. The van der Waals surface area contributed by atoms with Crippen LogP contribution < -0.4 is 5.32 Å². The summed E-state index contributed by atoms with van der Waals surface area (Å²) in [7, 11) is 0. The second kappa shape index (κ2) is 6.87. The number of anilines is 1. The normalized spacial score (nSPS) is 13.6. The maximum absolute atomic E-state index is 13.8. The number of aromatic nitrogens is 1. The maximum Gasteiger partial charge on any atom is 0.257 e. The molecule has 5 nitrogen and oxygen atoms in total. The third-order valence-electron chi connectivity index (χ3n) is 3.58. The molecule has 3 rings (SSSR count). The van der Waals surface area contributed by atoms with Crippen LogP contribution in [-0.2, 0) is 4.79 Å². The standard InChI is InChI=1S/C16H16FN3O2S/c17-13-4-2-1-3-12(13)15(22)20(9-11-5-6-11)10-14(21)19-16-18-7-8-23-16/h1-4,7-8,11H,5-6,9-10H2,(H,18,19,21). The third kappa shape index (κ3) is 4.13. The van der Waals surface area contributed by atoms with Gasteiger partial charge in [0.2, 0.25) is 5.91 Å². The summed E-state index contributed by atoms with van der Waals surface area (Å²) in [4.78, 5) is 30.1. The molecule has 0 spiro atoms. The van der Waals surface area contributed by atoms with Crippen LogP contribution in [0.3, 0.4) is 0 Å². The summed E-state index contributed by atoms with van der Waals surface area (Å²) in [6.07, 6.45) is 3.66. The predicted octanol–water partition coefficient (Wildman–Crippen LogP) is 2.77. The molecule has 1 aliphatic carbocycles. The molecular formula is C16H16FN3O2S. The molecule has 0 bridgehead atoms. The molecule has 0 atom stereocenters. The molecule has 1 aliphatic rings. The Morgan fingerprint density at radius 3 is 2.78 bits per heavy atom. The van der Waals surface area contributed by atoms with E-state index in [2.05, 4.69) is 10.3 Å². The molecule has 1 aromatic carbocycles. The smallest absolute Gasteiger partial charge is 0.257 e. The molecule has 2 aromatic rings. The summed E-state index contributed by atoms with van der Waals surface area (Å²) in [5.41, 5.74) is -0.00445. The molecular weight excluding hydrogens is 317 g/mol. The predicted molar refractivity (Wildman–Crippen MR) is 85.8 cm³/mol. The van der Waals surface area contributed by atoms with E-state index in [1.54, 1.807) is 17.6 Å². The molecule has 0 unspecified atom stereocenters. The number of nitrogens with one attached hydrogen (secondary N) is 1. The Morgan fingerprint density at radius 1 is 1.35 bits per heavy atom. The second-order valence-corrected chi connectivity index (χ2v) is 6.39. The van der Waals surface area contributed by atoms with Crippen molar-refractivity contribution in [2.24, 2.45) is 5.92 Å². The number of benzene rings is 1. The average Bonchev–Trinajstić information content (AvgIpc) is 3.20. The van der Waals surface area contributed by atoms with Crippen LogP contribution in [0.1, 0.15) is 23.2 Å². The Hall–Kier alpha value is -2.28. The van der Waals surface area contributed by atoms with Gasteiger partial charge in [-0.3, -0.25) is 9.59 Å². The van der Waals surface area contributed by atoms with Gasteiger partial charge in [0, 0.05) is 18.1 Å². The van der Waals surface area contributed by atoms with Gasteiger partial charge in [-0.1, -0.05) is 12.1 Å². The minimum atomic E-state index is -0.571. The fourth-order valence-corrected chi connectivity index (χ4v) is 2.80. The molecule has 0 saturated heterocycles. The van der Waals surface area contributed by atoms with Gasteiger partial charge >= 0.3 is 0 Å². The van der Waals surface area contributed by atoms with Gasteiger partial charge in [0.15, 0.2) is 5.13 Å². The van der Waals surface area contributed by atoms with Gasteiger partial charge in [0.05, 0.1) is 5.56 Å². The van der Waals surface area contributed by atoms with Crippen molar-refractivity contribution in [2.45, 2.75) is 12.8 Å². The van der Waals surface area contributed by atoms with Crippen molar-refractivity contribution in [3.05, 3.63) is 47.2 Å². The van der Waals surface area contributed by atoms with E-state index >= 15 is 0 Å². The van der Waals surface area contributed by atoms with Crippen LogP contribution in [0.4, 0.5) is 9.52 Å². The first kappa shape index (κ1) is 15.6. The van der Waals surface area contributed by atoms with Crippen LogP contribution in [0.5, 0.6) is 0 Å². The molecule has 1 aromatic heterocycles. The quantitative estimate of drug-likeness (QED) is 0.884. The summed E-state index contributed by atoms with van der Waals surface area (Å²) >= 11 is 1.31. The highest BCUT2D eigenvalue weighted by Crippen LogP contribution is 2.30. The minimum Gasteiger partial charge on any atom is -0.329 e. The Labute approximate surface area is 137 Å². The summed E-state index contributed by atoms with van der Waals surface area (Å²) in [6, 6.07) is 5.84. The topological polar surface area (TPSA) is 62.3 Å². The number of hydrogen-bond donors (Lipinski definition) is 1. The molecule has 120 valence electrons. The summed E-state index contributed by atoms with van der Waals surface area (Å²) in [6.45, 7) is 0.363. The largest absolute Gasteiger partial charge is 0.329 e. The Bertz CT molecular complexity index is 701. The third-order valence-corrected chi connectivity index (χ3v) is 4.27. The number of nitrogens with zero attached hydrogens (tertiary/aromatic N) is 2. The molecule has 1 saturated carbocycles. The number of halogens is 1. The summed E-state index contributed by atoms with van der Waals surface area (Å²) in [5, 5.41) is 4.89. The first-order valence-electron chi connectivity index (χ1n) is 7.36. The number of carbonyl (C=O) groups excluding carboxylic acids is 2. The SMILES string of the molecule is O=C(CN(CC1CC1)C(=O)c1ccccc1F)Nc1nccs1. The van der Waals surface area contributed by atoms with E-state index in [0.717, 1.165) is 12.8 Å². The van der Waals surface area contributed by atoms with Crippen molar-refractivity contribution in [1.29, 1.82) is 0 Å². The minimum absolute atomic E-state index is 0.00445. The first-order valence-corrected chi connectivity index (χ1v) is 8.24. The first-order chi connectivity index (χ1) is 11.1. The van der Waals surface area contributed by atoms with E-state index in [9.17, 15) is 14.0 Å². The Morgan fingerprint density at radius 2 is 2.13 bits per heavy atom. The maximum atomic E-state index is 13.8. The number of carbonyl (C=O) groups is 2. The summed E-state index contributed by atoms with van der Waals surface area (Å²) < 4.78 is 13.8. The lowest BCUT2D eigenvalue weighted by Gasteiger charge is -2.22. The van der Waals surface area contributed by atoms with Crippen molar-refractivity contribution >= 4 is 28.3 Å². The molecule has 23 heavy (non-hydrogen) atoms. The van der Waals surface area contributed by atoms with Crippen LogP contribution in [0, 0.1) is 11.7 Å². The lowest BCUT2D eigenvalue weighted by molar-refractivity contribution is -0.116. The lowest BCUT2D eigenvalue weighted by atomic mass is 10.1. The van der Waals surface area contributed by atoms with Crippen molar-refractivity contribution in [2.75, 3.05) is 18.4 Å².